The Kier molecular flexibility index (Phi) is 12.9. The number of alkyl halides is 2. The minimum Gasteiger partial charge on any atom is -0.493 e. The molecule has 0 aliphatic rings. The van der Waals surface area contributed by atoms with E-state index < -0.39 is 6.61 Å². The molecule has 0 aliphatic heterocycles. The summed E-state index contributed by atoms with van der Waals surface area (Å²) in [7, 11) is 0. The van der Waals surface area contributed by atoms with E-state index in [1.165, 1.54) is 11.6 Å². The standard InChI is InChI=1S/C21H31F2N5O2.HI/c1-4-11-29-18-9-8-17(19(12-18)30-20(22)23)13-26-21(24-5-2)25-10-6-7-16-14-27-28-15(16)3;/h8-9,12,14,20H,4-7,10-11,13H2,1-3H3,(H,27,28)(H2,24,25,26);1H. The number of aromatic nitrogens is 2. The van der Waals surface area contributed by atoms with E-state index in [0.29, 0.717) is 30.4 Å². The molecular weight excluding hydrogens is 519 g/mol. The van der Waals surface area contributed by atoms with Crippen molar-refractivity contribution in [2.45, 2.75) is 53.2 Å². The van der Waals surface area contributed by atoms with E-state index in [4.69, 9.17) is 4.74 Å². The Morgan fingerprint density at radius 2 is 2.03 bits per heavy atom. The van der Waals surface area contributed by atoms with Gasteiger partial charge in [0, 0.05) is 30.4 Å². The van der Waals surface area contributed by atoms with Crippen LogP contribution < -0.4 is 20.1 Å². The highest BCUT2D eigenvalue weighted by atomic mass is 127. The van der Waals surface area contributed by atoms with Gasteiger partial charge in [0.1, 0.15) is 11.5 Å². The number of hydrogen-bond donors (Lipinski definition) is 3. The Bertz CT molecular complexity index is 802. The van der Waals surface area contributed by atoms with Crippen molar-refractivity contribution >= 4 is 29.9 Å². The van der Waals surface area contributed by atoms with Crippen LogP contribution >= 0.6 is 24.0 Å². The summed E-state index contributed by atoms with van der Waals surface area (Å²) in [5.41, 5.74) is 2.83. The van der Waals surface area contributed by atoms with Crippen LogP contribution in [0.1, 0.15) is 43.5 Å². The third-order valence-electron chi connectivity index (χ3n) is 4.33. The van der Waals surface area contributed by atoms with E-state index in [9.17, 15) is 8.78 Å². The molecule has 0 saturated carbocycles. The van der Waals surface area contributed by atoms with Crippen molar-refractivity contribution in [2.24, 2.45) is 4.99 Å². The van der Waals surface area contributed by atoms with Gasteiger partial charge in [-0.25, -0.2) is 4.99 Å². The molecule has 2 aromatic rings. The van der Waals surface area contributed by atoms with Gasteiger partial charge in [-0.05, 0) is 50.8 Å². The highest BCUT2D eigenvalue weighted by Crippen LogP contribution is 2.27. The molecule has 2 rings (SSSR count). The van der Waals surface area contributed by atoms with Crippen LogP contribution in [0.25, 0.3) is 0 Å². The summed E-state index contributed by atoms with van der Waals surface area (Å²) in [5, 5.41) is 13.4. The molecule has 1 aromatic carbocycles. The highest BCUT2D eigenvalue weighted by Gasteiger charge is 2.12. The fourth-order valence-corrected chi connectivity index (χ4v) is 2.80. The summed E-state index contributed by atoms with van der Waals surface area (Å²) in [4.78, 5) is 4.51. The summed E-state index contributed by atoms with van der Waals surface area (Å²) in [6.45, 7) is 5.16. The third-order valence-corrected chi connectivity index (χ3v) is 4.33. The Balaban J connectivity index is 0.00000480. The summed E-state index contributed by atoms with van der Waals surface area (Å²) in [6.07, 6.45) is 4.48. The highest BCUT2D eigenvalue weighted by molar-refractivity contribution is 14.0. The van der Waals surface area contributed by atoms with Gasteiger partial charge in [0.25, 0.3) is 0 Å². The van der Waals surface area contributed by atoms with E-state index in [1.807, 2.05) is 27.0 Å². The molecule has 174 valence electrons. The zero-order valence-electron chi connectivity index (χ0n) is 18.2. The molecule has 0 atom stereocenters. The lowest BCUT2D eigenvalue weighted by Gasteiger charge is -2.14. The number of hydrogen-bond acceptors (Lipinski definition) is 4. The van der Waals surface area contributed by atoms with Gasteiger partial charge in [-0.2, -0.15) is 13.9 Å². The molecule has 0 saturated heterocycles. The fourth-order valence-electron chi connectivity index (χ4n) is 2.80. The van der Waals surface area contributed by atoms with Gasteiger partial charge in [0.2, 0.25) is 0 Å². The number of aryl methyl sites for hydroxylation is 2. The van der Waals surface area contributed by atoms with E-state index in [-0.39, 0.29) is 36.3 Å². The molecular formula is C21H32F2IN5O2. The number of ether oxygens (including phenoxy) is 2. The van der Waals surface area contributed by atoms with Gasteiger partial charge in [0.05, 0.1) is 19.3 Å². The first kappa shape index (κ1) is 26.9. The van der Waals surface area contributed by atoms with Gasteiger partial charge < -0.3 is 20.1 Å². The molecule has 0 radical (unpaired) electrons. The molecule has 0 amide bonds. The Morgan fingerprint density at radius 3 is 2.68 bits per heavy atom. The van der Waals surface area contributed by atoms with Crippen LogP contribution in [0.3, 0.4) is 0 Å². The Hall–Kier alpha value is -2.11. The van der Waals surface area contributed by atoms with E-state index in [2.05, 4.69) is 30.6 Å². The molecule has 31 heavy (non-hydrogen) atoms. The predicted octanol–water partition coefficient (Wildman–Crippen LogP) is 4.41. The van der Waals surface area contributed by atoms with Crippen LogP contribution in [0.2, 0.25) is 0 Å². The van der Waals surface area contributed by atoms with Crippen molar-refractivity contribution in [3.63, 3.8) is 0 Å². The first-order chi connectivity index (χ1) is 14.5. The number of nitrogens with one attached hydrogen (secondary N) is 3. The maximum Gasteiger partial charge on any atom is 0.387 e. The van der Waals surface area contributed by atoms with Crippen LogP contribution in [-0.4, -0.2) is 42.5 Å². The van der Waals surface area contributed by atoms with E-state index in [0.717, 1.165) is 31.5 Å². The van der Waals surface area contributed by atoms with Gasteiger partial charge in [-0.3, -0.25) is 5.10 Å². The zero-order valence-corrected chi connectivity index (χ0v) is 20.5. The molecule has 0 fully saturated rings. The molecule has 0 spiro atoms. The monoisotopic (exact) mass is 551 g/mol. The third kappa shape index (κ3) is 9.70. The van der Waals surface area contributed by atoms with Crippen LogP contribution in [0, 0.1) is 6.92 Å². The zero-order chi connectivity index (χ0) is 21.8. The number of aromatic amines is 1. The SMILES string of the molecule is CCCOc1ccc(CN=C(NCC)NCCCc2cn[nH]c2C)c(OC(F)F)c1.I. The molecule has 0 bridgehead atoms. The second kappa shape index (κ2) is 14.8. The fraction of sp³-hybridized carbons (Fsp3) is 0.524. The van der Waals surface area contributed by atoms with Gasteiger partial charge >= 0.3 is 6.61 Å². The van der Waals surface area contributed by atoms with Crippen LogP contribution in [0.4, 0.5) is 8.78 Å². The van der Waals surface area contributed by atoms with Crippen LogP contribution in [0.15, 0.2) is 29.4 Å². The smallest absolute Gasteiger partial charge is 0.387 e. The molecule has 0 unspecified atom stereocenters. The lowest BCUT2D eigenvalue weighted by Crippen LogP contribution is -2.37. The quantitative estimate of drug-likeness (QED) is 0.158. The predicted molar refractivity (Wildman–Crippen MR) is 129 cm³/mol. The second-order valence-corrected chi connectivity index (χ2v) is 6.74. The average molecular weight is 551 g/mol. The van der Waals surface area contributed by atoms with Crippen molar-refractivity contribution in [1.29, 1.82) is 0 Å². The number of guanidine groups is 1. The summed E-state index contributed by atoms with van der Waals surface area (Å²) in [6, 6.07) is 4.93. The van der Waals surface area contributed by atoms with Gasteiger partial charge in [-0.15, -0.1) is 24.0 Å². The maximum atomic E-state index is 12.8. The molecule has 3 N–H and O–H groups in total. The van der Waals surface area contributed by atoms with Crippen LogP contribution in [-0.2, 0) is 13.0 Å². The first-order valence-corrected chi connectivity index (χ1v) is 10.2. The van der Waals surface area contributed by atoms with Crippen molar-refractivity contribution < 1.29 is 18.3 Å². The van der Waals surface area contributed by atoms with Gasteiger partial charge in [-0.1, -0.05) is 6.92 Å². The van der Waals surface area contributed by atoms with Crippen molar-refractivity contribution in [1.82, 2.24) is 20.8 Å². The van der Waals surface area contributed by atoms with Crippen molar-refractivity contribution in [3.05, 3.63) is 41.2 Å². The van der Waals surface area contributed by atoms with Crippen LogP contribution in [0.5, 0.6) is 11.5 Å². The minimum absolute atomic E-state index is 0. The number of aliphatic imine (C=N–C) groups is 1. The summed E-state index contributed by atoms with van der Waals surface area (Å²) in [5.74, 6) is 1.20. The molecule has 10 heteroatoms. The average Bonchev–Trinajstić information content (AvgIpc) is 3.12. The maximum absolute atomic E-state index is 12.8. The molecule has 0 aliphatic carbocycles. The normalized spacial score (nSPS) is 11.2. The van der Waals surface area contributed by atoms with E-state index in [1.54, 1.807) is 12.1 Å². The van der Waals surface area contributed by atoms with Crippen molar-refractivity contribution in [2.75, 3.05) is 19.7 Å². The summed E-state index contributed by atoms with van der Waals surface area (Å²) >= 11 is 0. The lowest BCUT2D eigenvalue weighted by molar-refractivity contribution is -0.0505. The second-order valence-electron chi connectivity index (χ2n) is 6.74. The van der Waals surface area contributed by atoms with Crippen molar-refractivity contribution in [3.8, 4) is 11.5 Å². The van der Waals surface area contributed by atoms with Gasteiger partial charge in [0.15, 0.2) is 5.96 Å². The number of rotatable bonds is 12. The Morgan fingerprint density at radius 1 is 1.23 bits per heavy atom. The number of halogens is 3. The topological polar surface area (TPSA) is 83.6 Å². The number of benzene rings is 1. The lowest BCUT2D eigenvalue weighted by atomic mass is 10.1. The largest absolute Gasteiger partial charge is 0.493 e. The number of H-pyrrole nitrogens is 1. The Labute approximate surface area is 199 Å². The van der Waals surface area contributed by atoms with E-state index >= 15 is 0 Å². The molecule has 7 nitrogen and oxygen atoms in total. The number of nitrogens with zero attached hydrogens (tertiary/aromatic N) is 2. The molecule has 1 aromatic heterocycles. The minimum atomic E-state index is -2.91. The summed E-state index contributed by atoms with van der Waals surface area (Å²) < 4.78 is 35.8. The molecule has 1 heterocycles. The first-order valence-electron chi connectivity index (χ1n) is 10.2.